The molecule has 5 aromatic rings. The van der Waals surface area contributed by atoms with Crippen LogP contribution in [0.4, 0.5) is 0 Å². The van der Waals surface area contributed by atoms with Gasteiger partial charge in [0.05, 0.1) is 29.3 Å². The van der Waals surface area contributed by atoms with E-state index in [1.165, 1.54) is 12.1 Å². The molecule has 2 aromatic carbocycles. The number of pyridine rings is 3. The minimum atomic E-state index is -1.23. The first kappa shape index (κ1) is 40.6. The zero-order valence-electron chi connectivity index (χ0n) is 30.7. The Kier molecular flexibility index (Phi) is 14.7. The average molecular weight is 762 g/mol. The third-order valence-corrected chi connectivity index (χ3v) is 7.80. The Labute approximate surface area is 329 Å². The number of aromatic nitrogens is 3. The summed E-state index contributed by atoms with van der Waals surface area (Å²) in [5, 5.41) is 19.6. The van der Waals surface area contributed by atoms with Gasteiger partial charge in [-0.2, -0.15) is 0 Å². The van der Waals surface area contributed by atoms with Gasteiger partial charge in [0.25, 0.3) is 12.9 Å². The van der Waals surface area contributed by atoms with Crippen molar-refractivity contribution in [2.45, 2.75) is 33.1 Å². The second-order valence-electron chi connectivity index (χ2n) is 12.3. The molecule has 0 aliphatic heterocycles. The van der Waals surface area contributed by atoms with E-state index in [2.05, 4.69) is 45.5 Å². The van der Waals surface area contributed by atoms with E-state index in [0.717, 1.165) is 11.1 Å². The Balaban J connectivity index is 1.42. The van der Waals surface area contributed by atoms with Crippen molar-refractivity contribution in [2.24, 2.45) is 0 Å². The third-order valence-electron chi connectivity index (χ3n) is 7.80. The number of carbonyl (C=O) groups excluding carboxylic acids is 2. The Morgan fingerprint density at radius 3 is 1.61 bits per heavy atom. The maximum Gasteiger partial charge on any atom is 0.354 e. The number of aromatic carboxylic acids is 1. The SMILES string of the molecule is CC#Cc1cc(CN(CC(=O)O)Cc2cc(C#Cc3ccccc3)cc(OC=O)n2)nc(CN(COC=O)Cc2cc(C#Cc3ccccc3)cc(C(=O)O)n2)c1. The quantitative estimate of drug-likeness (QED) is 0.0819. The molecule has 0 unspecified atom stereocenters. The first-order chi connectivity index (χ1) is 27.7. The van der Waals surface area contributed by atoms with E-state index in [0.29, 0.717) is 45.9 Å². The number of carboxylic acids is 2. The summed E-state index contributed by atoms with van der Waals surface area (Å²) in [5.74, 6) is 15.7. The summed E-state index contributed by atoms with van der Waals surface area (Å²) >= 11 is 0. The van der Waals surface area contributed by atoms with Crippen LogP contribution >= 0.6 is 0 Å². The van der Waals surface area contributed by atoms with Gasteiger partial charge >= 0.3 is 11.9 Å². The number of hydrogen-bond donors (Lipinski definition) is 2. The number of rotatable bonds is 16. The highest BCUT2D eigenvalue weighted by Gasteiger charge is 2.18. The fourth-order valence-electron chi connectivity index (χ4n) is 5.59. The molecule has 0 spiro atoms. The Morgan fingerprint density at radius 1 is 0.614 bits per heavy atom. The monoisotopic (exact) mass is 761 g/mol. The molecule has 0 aliphatic rings. The van der Waals surface area contributed by atoms with Crippen molar-refractivity contribution in [1.82, 2.24) is 24.8 Å². The summed E-state index contributed by atoms with van der Waals surface area (Å²) in [6, 6.07) is 28.3. The molecular formula is C44H35N5O8. The van der Waals surface area contributed by atoms with Gasteiger partial charge in [0.15, 0.2) is 0 Å². The van der Waals surface area contributed by atoms with Crippen LogP contribution in [0.2, 0.25) is 0 Å². The number of aliphatic carboxylic acids is 1. The van der Waals surface area contributed by atoms with Crippen molar-refractivity contribution in [3.63, 3.8) is 0 Å². The average Bonchev–Trinajstić information content (AvgIpc) is 3.19. The molecule has 57 heavy (non-hydrogen) atoms. The third kappa shape index (κ3) is 13.3. The lowest BCUT2D eigenvalue weighted by atomic mass is 10.1. The number of carboxylic acid groups (broad SMARTS) is 2. The lowest BCUT2D eigenvalue weighted by molar-refractivity contribution is -0.138. The van der Waals surface area contributed by atoms with Crippen LogP contribution < -0.4 is 4.74 Å². The number of hydrogen-bond acceptors (Lipinski definition) is 11. The summed E-state index contributed by atoms with van der Waals surface area (Å²) in [6.07, 6.45) is 0. The van der Waals surface area contributed by atoms with Crippen LogP contribution in [0.1, 0.15) is 68.0 Å². The zero-order chi connectivity index (χ0) is 40.4. The maximum absolute atomic E-state index is 12.0. The van der Waals surface area contributed by atoms with Crippen LogP contribution in [0.3, 0.4) is 0 Å². The zero-order valence-corrected chi connectivity index (χ0v) is 30.7. The number of ether oxygens (including phenoxy) is 2. The number of carbonyl (C=O) groups is 4. The first-order valence-electron chi connectivity index (χ1n) is 17.3. The first-order valence-corrected chi connectivity index (χ1v) is 17.3. The Bertz CT molecular complexity index is 2420. The summed E-state index contributed by atoms with van der Waals surface area (Å²) in [5.41, 5.74) is 4.62. The molecule has 13 heteroatoms. The Hall–Kier alpha value is -7.63. The van der Waals surface area contributed by atoms with Crippen LogP contribution in [0, 0.1) is 35.5 Å². The summed E-state index contributed by atoms with van der Waals surface area (Å²) in [6.45, 7) is 1.92. The van der Waals surface area contributed by atoms with Gasteiger partial charge in [0, 0.05) is 60.1 Å². The summed E-state index contributed by atoms with van der Waals surface area (Å²) in [7, 11) is 0. The molecular weight excluding hydrogens is 727 g/mol. The van der Waals surface area contributed by atoms with Crippen LogP contribution in [-0.2, 0) is 45.3 Å². The van der Waals surface area contributed by atoms with E-state index in [1.807, 2.05) is 60.7 Å². The van der Waals surface area contributed by atoms with Crippen molar-refractivity contribution in [3.8, 4) is 41.4 Å². The van der Waals surface area contributed by atoms with E-state index in [1.54, 1.807) is 41.0 Å². The van der Waals surface area contributed by atoms with E-state index in [9.17, 15) is 29.4 Å². The van der Waals surface area contributed by atoms with Crippen molar-refractivity contribution < 1.29 is 38.9 Å². The van der Waals surface area contributed by atoms with Crippen molar-refractivity contribution in [3.05, 3.63) is 153 Å². The summed E-state index contributed by atoms with van der Waals surface area (Å²) < 4.78 is 10.2. The molecule has 2 N–H and O–H groups in total. The van der Waals surface area contributed by atoms with Crippen LogP contribution in [-0.4, -0.2) is 73.1 Å². The van der Waals surface area contributed by atoms with Gasteiger partial charge in [-0.1, -0.05) is 66.0 Å². The van der Waals surface area contributed by atoms with Gasteiger partial charge in [-0.25, -0.2) is 14.8 Å². The van der Waals surface area contributed by atoms with E-state index in [4.69, 9.17) is 14.5 Å². The van der Waals surface area contributed by atoms with Crippen molar-refractivity contribution >= 4 is 24.9 Å². The Morgan fingerprint density at radius 2 is 1.11 bits per heavy atom. The summed E-state index contributed by atoms with van der Waals surface area (Å²) in [4.78, 5) is 63.3. The van der Waals surface area contributed by atoms with Gasteiger partial charge in [0.1, 0.15) is 12.4 Å². The van der Waals surface area contributed by atoms with Gasteiger partial charge in [0.2, 0.25) is 5.88 Å². The molecule has 0 radical (unpaired) electrons. The molecule has 0 aliphatic carbocycles. The largest absolute Gasteiger partial charge is 0.480 e. The number of nitrogens with zero attached hydrogens (tertiary/aromatic N) is 5. The highest BCUT2D eigenvalue weighted by molar-refractivity contribution is 5.85. The van der Waals surface area contributed by atoms with E-state index < -0.39 is 11.9 Å². The lowest BCUT2D eigenvalue weighted by Crippen LogP contribution is -2.30. The lowest BCUT2D eigenvalue weighted by Gasteiger charge is -2.22. The second kappa shape index (κ2) is 20.7. The molecule has 0 saturated heterocycles. The molecule has 3 aromatic heterocycles. The fraction of sp³-hybridized carbons (Fsp3) is 0.159. The van der Waals surface area contributed by atoms with Gasteiger partial charge in [-0.05, 0) is 61.5 Å². The van der Waals surface area contributed by atoms with Crippen molar-refractivity contribution in [2.75, 3.05) is 13.3 Å². The highest BCUT2D eigenvalue weighted by atomic mass is 16.5. The molecule has 0 saturated carbocycles. The van der Waals surface area contributed by atoms with Gasteiger partial charge in [-0.15, -0.1) is 5.92 Å². The minimum absolute atomic E-state index is 0.00661. The standard InChI is InChI=1S/C44H35N5O8/c1-2-9-34-18-37(24-48(28-43(52)53)25-40-21-36(23-42(47-40)57-31-51)17-15-33-12-7-4-8-13-33)45-38(19-34)26-49(29-56-30-50)27-39-20-35(22-41(46-39)44(54)55)16-14-32-10-5-3-6-11-32/h3-8,10-13,18-23,30-31H,24-29H2,1H3,(H,52,53)(H,54,55). The smallest absolute Gasteiger partial charge is 0.354 e. The topological polar surface area (TPSA) is 172 Å². The predicted molar refractivity (Wildman–Crippen MR) is 207 cm³/mol. The van der Waals surface area contributed by atoms with Crippen LogP contribution in [0.25, 0.3) is 0 Å². The van der Waals surface area contributed by atoms with E-state index in [-0.39, 0.29) is 57.5 Å². The van der Waals surface area contributed by atoms with Crippen molar-refractivity contribution in [1.29, 1.82) is 0 Å². The molecule has 5 rings (SSSR count). The van der Waals surface area contributed by atoms with Crippen LogP contribution in [0.5, 0.6) is 5.88 Å². The number of benzene rings is 2. The van der Waals surface area contributed by atoms with Gasteiger partial charge < -0.3 is 19.7 Å². The molecule has 0 atom stereocenters. The fourth-order valence-corrected chi connectivity index (χ4v) is 5.59. The normalized spacial score (nSPS) is 10.2. The molecule has 284 valence electrons. The second-order valence-corrected chi connectivity index (χ2v) is 12.3. The molecule has 13 nitrogen and oxygen atoms in total. The maximum atomic E-state index is 12.0. The molecule has 0 amide bonds. The predicted octanol–water partition coefficient (Wildman–Crippen LogP) is 4.50. The molecule has 0 fully saturated rings. The van der Waals surface area contributed by atoms with Crippen LogP contribution in [0.15, 0.2) is 97.1 Å². The molecule has 3 heterocycles. The van der Waals surface area contributed by atoms with E-state index >= 15 is 0 Å². The molecule has 0 bridgehead atoms. The minimum Gasteiger partial charge on any atom is -0.480 e. The van der Waals surface area contributed by atoms with Gasteiger partial charge in [-0.3, -0.25) is 29.2 Å². The highest BCUT2D eigenvalue weighted by Crippen LogP contribution is 2.18.